The standard InChI is InChI=1S/C10H11NO3.C8H7NO3.C5H10O.2CH4/c1-2-14-10(13)8-5-6-7(11-8)3-4-9(6)12;10-7-2-1-5-4(7)3-6(9-5)8(11)12;1-5-3-2-4-6-5;;/h5,11H,2-4H2,1H3;3,9H,1-2H2,(H,11,12);5H,2-4H2,1H3;2*1H4. The third kappa shape index (κ3) is 6.90. The molecule has 34 heavy (non-hydrogen) atoms. The summed E-state index contributed by atoms with van der Waals surface area (Å²) in [6.45, 7) is 5.20. The van der Waals surface area contributed by atoms with Crippen LogP contribution in [-0.2, 0) is 22.3 Å². The number of aromatic amines is 2. The first-order valence-electron chi connectivity index (χ1n) is 10.8. The normalized spacial score (nSPS) is 17.2. The van der Waals surface area contributed by atoms with Crippen molar-refractivity contribution in [2.24, 2.45) is 0 Å². The predicted octanol–water partition coefficient (Wildman–Crippen LogP) is 4.62. The lowest BCUT2D eigenvalue weighted by atomic mass is 10.2. The molecule has 3 N–H and O–H groups in total. The number of H-pyrrole nitrogens is 2. The van der Waals surface area contributed by atoms with E-state index in [-0.39, 0.29) is 32.1 Å². The van der Waals surface area contributed by atoms with E-state index in [0.29, 0.717) is 55.2 Å². The number of hydrogen-bond acceptors (Lipinski definition) is 6. The Morgan fingerprint density at radius 1 is 1.00 bits per heavy atom. The number of ether oxygens (including phenoxy) is 2. The van der Waals surface area contributed by atoms with Gasteiger partial charge >= 0.3 is 11.9 Å². The van der Waals surface area contributed by atoms with Crippen molar-refractivity contribution in [2.45, 2.75) is 73.3 Å². The summed E-state index contributed by atoms with van der Waals surface area (Å²) in [7, 11) is 0. The number of aromatic carboxylic acids is 1. The van der Waals surface area contributed by atoms with E-state index in [2.05, 4.69) is 16.9 Å². The highest BCUT2D eigenvalue weighted by molar-refractivity contribution is 6.03. The number of carboxylic acid groups (broad SMARTS) is 1. The number of rotatable bonds is 3. The highest BCUT2D eigenvalue weighted by atomic mass is 16.5. The zero-order valence-electron chi connectivity index (χ0n) is 18.3. The fraction of sp³-hybridized carbons (Fsp3) is 0.520. The minimum absolute atomic E-state index is 0. The Hall–Kier alpha value is -3.20. The quantitative estimate of drug-likeness (QED) is 0.549. The Bertz CT molecular complexity index is 1010. The van der Waals surface area contributed by atoms with Gasteiger partial charge in [0.05, 0.1) is 12.7 Å². The summed E-state index contributed by atoms with van der Waals surface area (Å²) in [6.07, 6.45) is 5.46. The number of hydrogen-bond donors (Lipinski definition) is 3. The van der Waals surface area contributed by atoms with Gasteiger partial charge in [-0.25, -0.2) is 9.59 Å². The van der Waals surface area contributed by atoms with Gasteiger partial charge in [-0.1, -0.05) is 14.9 Å². The van der Waals surface area contributed by atoms with Gasteiger partial charge in [0.25, 0.3) is 0 Å². The molecule has 0 radical (unpaired) electrons. The molecule has 0 bridgehead atoms. The molecular formula is C25H36N2O7. The topological polar surface area (TPSA) is 139 Å². The monoisotopic (exact) mass is 476 g/mol. The van der Waals surface area contributed by atoms with Crippen LogP contribution in [0.15, 0.2) is 12.1 Å². The number of nitrogens with one attached hydrogen (secondary N) is 2. The van der Waals surface area contributed by atoms with Crippen molar-refractivity contribution in [3.05, 3.63) is 46.0 Å². The molecule has 9 nitrogen and oxygen atoms in total. The van der Waals surface area contributed by atoms with Gasteiger partial charge in [-0.05, 0) is 51.7 Å². The molecule has 188 valence electrons. The maximum Gasteiger partial charge on any atom is 0.354 e. The molecule has 0 aromatic carbocycles. The molecule has 9 heteroatoms. The van der Waals surface area contributed by atoms with Crippen LogP contribution < -0.4 is 0 Å². The molecule has 2 aromatic rings. The van der Waals surface area contributed by atoms with E-state index < -0.39 is 11.9 Å². The third-order valence-electron chi connectivity index (χ3n) is 5.49. The average Bonchev–Trinajstić information content (AvgIpc) is 3.55. The Kier molecular flexibility index (Phi) is 10.9. The number of carbonyl (C=O) groups is 4. The van der Waals surface area contributed by atoms with E-state index >= 15 is 0 Å². The molecule has 0 spiro atoms. The van der Waals surface area contributed by atoms with Crippen LogP contribution in [0.1, 0.15) is 107 Å². The predicted molar refractivity (Wildman–Crippen MR) is 128 cm³/mol. The van der Waals surface area contributed by atoms with E-state index in [1.165, 1.54) is 18.9 Å². The van der Waals surface area contributed by atoms with Gasteiger partial charge in [-0.3, -0.25) is 9.59 Å². The van der Waals surface area contributed by atoms with Gasteiger partial charge in [0.2, 0.25) is 0 Å². The summed E-state index contributed by atoms with van der Waals surface area (Å²) in [5.74, 6) is -1.27. The van der Waals surface area contributed by atoms with Crippen molar-refractivity contribution in [1.82, 2.24) is 9.97 Å². The van der Waals surface area contributed by atoms with Gasteiger partial charge in [-0.2, -0.15) is 0 Å². The van der Waals surface area contributed by atoms with Gasteiger partial charge in [0, 0.05) is 42.0 Å². The van der Waals surface area contributed by atoms with Crippen LogP contribution in [0.3, 0.4) is 0 Å². The first-order valence-corrected chi connectivity index (χ1v) is 10.8. The summed E-state index contributed by atoms with van der Waals surface area (Å²) in [6, 6.07) is 3.00. The molecule has 3 heterocycles. The third-order valence-corrected chi connectivity index (χ3v) is 5.49. The number of aromatic nitrogens is 2. The molecule has 1 unspecified atom stereocenters. The van der Waals surface area contributed by atoms with E-state index in [0.717, 1.165) is 18.0 Å². The zero-order valence-corrected chi connectivity index (χ0v) is 18.3. The average molecular weight is 477 g/mol. The largest absolute Gasteiger partial charge is 0.477 e. The van der Waals surface area contributed by atoms with Crippen LogP contribution in [0.25, 0.3) is 0 Å². The fourth-order valence-corrected chi connectivity index (χ4v) is 3.81. The first kappa shape index (κ1) is 28.8. The number of esters is 1. The molecule has 1 fully saturated rings. The summed E-state index contributed by atoms with van der Waals surface area (Å²) < 4.78 is 9.97. The van der Waals surface area contributed by atoms with Crippen molar-refractivity contribution in [1.29, 1.82) is 0 Å². The Morgan fingerprint density at radius 3 is 1.91 bits per heavy atom. The van der Waals surface area contributed by atoms with E-state index in [1.54, 1.807) is 13.0 Å². The Balaban J connectivity index is 0.000000264. The number of carbonyl (C=O) groups excluding carboxylic acids is 3. The zero-order chi connectivity index (χ0) is 23.3. The van der Waals surface area contributed by atoms with Crippen LogP contribution >= 0.6 is 0 Å². The molecule has 2 aliphatic carbocycles. The molecule has 1 atom stereocenters. The van der Waals surface area contributed by atoms with Crippen molar-refractivity contribution in [3.8, 4) is 0 Å². The maximum atomic E-state index is 11.3. The SMILES string of the molecule is C.C.CC1CCCO1.CCOC(=O)c1cc2c([nH]1)CCC2=O.O=C(O)c1cc2c([nH]1)CCC2=O. The highest BCUT2D eigenvalue weighted by Crippen LogP contribution is 2.23. The van der Waals surface area contributed by atoms with Gasteiger partial charge < -0.3 is 24.5 Å². The smallest absolute Gasteiger partial charge is 0.354 e. The fourth-order valence-electron chi connectivity index (χ4n) is 3.81. The Labute approximate surface area is 200 Å². The van der Waals surface area contributed by atoms with E-state index in [9.17, 15) is 19.2 Å². The van der Waals surface area contributed by atoms with Crippen molar-refractivity contribution in [3.63, 3.8) is 0 Å². The lowest BCUT2D eigenvalue weighted by molar-refractivity contribution is 0.0519. The van der Waals surface area contributed by atoms with Crippen LogP contribution in [0.4, 0.5) is 0 Å². The van der Waals surface area contributed by atoms with Crippen LogP contribution in [0.2, 0.25) is 0 Å². The number of fused-ring (bicyclic) bond motifs is 2. The molecule has 2 aromatic heterocycles. The molecule has 0 amide bonds. The lowest BCUT2D eigenvalue weighted by Crippen LogP contribution is -2.05. The second-order valence-electron chi connectivity index (χ2n) is 7.85. The van der Waals surface area contributed by atoms with Gasteiger partial charge in [-0.15, -0.1) is 0 Å². The van der Waals surface area contributed by atoms with E-state index in [4.69, 9.17) is 14.6 Å². The number of Topliss-reactive ketones (excluding diaryl/α,β-unsaturated/α-hetero) is 2. The van der Waals surface area contributed by atoms with Crippen LogP contribution in [-0.4, -0.2) is 57.9 Å². The van der Waals surface area contributed by atoms with Crippen LogP contribution in [0, 0.1) is 0 Å². The van der Waals surface area contributed by atoms with Crippen LogP contribution in [0.5, 0.6) is 0 Å². The summed E-state index contributed by atoms with van der Waals surface area (Å²) in [5.41, 5.74) is 3.30. The number of aryl methyl sites for hydroxylation is 2. The Morgan fingerprint density at radius 2 is 1.53 bits per heavy atom. The summed E-state index contributed by atoms with van der Waals surface area (Å²) >= 11 is 0. The summed E-state index contributed by atoms with van der Waals surface area (Å²) in [4.78, 5) is 49.8. The second kappa shape index (κ2) is 12.9. The number of carboxylic acids is 1. The van der Waals surface area contributed by atoms with Gasteiger partial charge in [0.15, 0.2) is 11.6 Å². The minimum Gasteiger partial charge on any atom is -0.477 e. The second-order valence-corrected chi connectivity index (χ2v) is 7.85. The van der Waals surface area contributed by atoms with Crippen molar-refractivity contribution < 1.29 is 33.8 Å². The molecule has 3 aliphatic rings. The first-order chi connectivity index (χ1) is 15.3. The molecule has 5 rings (SSSR count). The minimum atomic E-state index is -1.02. The molecule has 0 saturated carbocycles. The lowest BCUT2D eigenvalue weighted by Gasteiger charge is -1.97. The molecule has 1 aliphatic heterocycles. The van der Waals surface area contributed by atoms with Crippen molar-refractivity contribution in [2.75, 3.05) is 13.2 Å². The maximum absolute atomic E-state index is 11.3. The van der Waals surface area contributed by atoms with E-state index in [1.807, 2.05) is 0 Å². The highest BCUT2D eigenvalue weighted by Gasteiger charge is 2.25. The molecular weight excluding hydrogens is 440 g/mol. The van der Waals surface area contributed by atoms with Crippen molar-refractivity contribution >= 4 is 23.5 Å². The van der Waals surface area contributed by atoms with Gasteiger partial charge in [0.1, 0.15) is 11.4 Å². The summed E-state index contributed by atoms with van der Waals surface area (Å²) in [5, 5.41) is 8.59. The number of ketones is 2. The molecule has 1 saturated heterocycles.